The SMILES string of the molecule is CSCC(=O)N1CCC(c2nnc(CN3CCCCCC3)n2C)CC1. The second kappa shape index (κ2) is 9.03. The molecule has 7 heteroatoms. The van der Waals surface area contributed by atoms with Gasteiger partial charge in [-0.2, -0.15) is 11.8 Å². The van der Waals surface area contributed by atoms with Gasteiger partial charge in [0.1, 0.15) is 11.6 Å². The molecule has 3 heterocycles. The summed E-state index contributed by atoms with van der Waals surface area (Å²) in [5.74, 6) is 3.47. The van der Waals surface area contributed by atoms with Crippen LogP contribution in [0.4, 0.5) is 0 Å². The van der Waals surface area contributed by atoms with Crippen molar-refractivity contribution in [2.75, 3.05) is 38.2 Å². The first-order valence-electron chi connectivity index (χ1n) is 9.56. The lowest BCUT2D eigenvalue weighted by Gasteiger charge is -2.31. The van der Waals surface area contributed by atoms with Crippen LogP contribution in [0.2, 0.25) is 0 Å². The number of hydrogen-bond donors (Lipinski definition) is 0. The highest BCUT2D eigenvalue weighted by Crippen LogP contribution is 2.27. The van der Waals surface area contributed by atoms with E-state index in [1.807, 2.05) is 11.2 Å². The zero-order valence-corrected chi connectivity index (χ0v) is 16.4. The lowest BCUT2D eigenvalue weighted by molar-refractivity contribution is -0.129. The van der Waals surface area contributed by atoms with E-state index >= 15 is 0 Å². The lowest BCUT2D eigenvalue weighted by Crippen LogP contribution is -2.39. The Morgan fingerprint density at radius 1 is 1.08 bits per heavy atom. The second-order valence-corrected chi connectivity index (χ2v) is 8.18. The lowest BCUT2D eigenvalue weighted by atomic mass is 9.96. The molecule has 140 valence electrons. The summed E-state index contributed by atoms with van der Waals surface area (Å²) < 4.78 is 2.20. The highest BCUT2D eigenvalue weighted by molar-refractivity contribution is 7.99. The number of rotatable bonds is 5. The minimum absolute atomic E-state index is 0.269. The van der Waals surface area contributed by atoms with Crippen molar-refractivity contribution in [1.82, 2.24) is 24.6 Å². The molecule has 1 amide bonds. The second-order valence-electron chi connectivity index (χ2n) is 7.31. The van der Waals surface area contributed by atoms with Gasteiger partial charge in [-0.1, -0.05) is 12.8 Å². The largest absolute Gasteiger partial charge is 0.342 e. The third-order valence-electron chi connectivity index (χ3n) is 5.54. The molecule has 25 heavy (non-hydrogen) atoms. The van der Waals surface area contributed by atoms with Crippen molar-refractivity contribution in [1.29, 1.82) is 0 Å². The third-order valence-corrected chi connectivity index (χ3v) is 6.08. The van der Waals surface area contributed by atoms with Crippen LogP contribution in [-0.4, -0.2) is 68.7 Å². The van der Waals surface area contributed by atoms with Gasteiger partial charge in [0.25, 0.3) is 0 Å². The van der Waals surface area contributed by atoms with Gasteiger partial charge in [0.05, 0.1) is 12.3 Å². The molecule has 0 radical (unpaired) electrons. The molecule has 2 fully saturated rings. The number of amides is 1. The first kappa shape index (κ1) is 18.7. The third kappa shape index (κ3) is 4.76. The molecule has 0 unspecified atom stereocenters. The molecule has 1 aromatic heterocycles. The van der Waals surface area contributed by atoms with Gasteiger partial charge in [-0.05, 0) is 45.0 Å². The highest BCUT2D eigenvalue weighted by Gasteiger charge is 2.27. The molecule has 0 spiro atoms. The Bertz CT molecular complexity index is 560. The summed E-state index contributed by atoms with van der Waals surface area (Å²) in [7, 11) is 2.10. The molecule has 1 aromatic rings. The summed E-state index contributed by atoms with van der Waals surface area (Å²) >= 11 is 1.60. The van der Waals surface area contributed by atoms with E-state index in [9.17, 15) is 4.79 Å². The molecule has 2 aliphatic heterocycles. The molecule has 0 aliphatic carbocycles. The van der Waals surface area contributed by atoms with E-state index in [1.54, 1.807) is 11.8 Å². The van der Waals surface area contributed by atoms with Gasteiger partial charge in [-0.3, -0.25) is 9.69 Å². The average Bonchev–Trinajstić information content (AvgIpc) is 2.83. The zero-order chi connectivity index (χ0) is 17.6. The molecule has 0 bridgehead atoms. The van der Waals surface area contributed by atoms with E-state index in [0.29, 0.717) is 11.7 Å². The molecule has 2 aliphatic rings. The van der Waals surface area contributed by atoms with Crippen LogP contribution in [0, 0.1) is 0 Å². The molecule has 2 saturated heterocycles. The molecular weight excluding hydrogens is 334 g/mol. The van der Waals surface area contributed by atoms with Crippen molar-refractivity contribution in [3.63, 3.8) is 0 Å². The summed E-state index contributed by atoms with van der Waals surface area (Å²) in [5.41, 5.74) is 0. The van der Waals surface area contributed by atoms with Crippen LogP contribution in [0.1, 0.15) is 56.1 Å². The van der Waals surface area contributed by atoms with E-state index < -0.39 is 0 Å². The Balaban J connectivity index is 1.57. The molecular formula is C18H31N5OS. The first-order valence-corrected chi connectivity index (χ1v) is 11.0. The number of hydrogen-bond acceptors (Lipinski definition) is 5. The number of carbonyl (C=O) groups is 1. The Kier molecular flexibility index (Phi) is 6.76. The van der Waals surface area contributed by atoms with Gasteiger partial charge in [0.2, 0.25) is 5.91 Å². The fraction of sp³-hybridized carbons (Fsp3) is 0.833. The first-order chi connectivity index (χ1) is 12.2. The minimum Gasteiger partial charge on any atom is -0.342 e. The monoisotopic (exact) mass is 365 g/mol. The highest BCUT2D eigenvalue weighted by atomic mass is 32.2. The van der Waals surface area contributed by atoms with Crippen LogP contribution in [0.25, 0.3) is 0 Å². The van der Waals surface area contributed by atoms with Crippen LogP contribution in [-0.2, 0) is 18.4 Å². The Labute approximate surface area is 155 Å². The maximum Gasteiger partial charge on any atom is 0.232 e. The average molecular weight is 366 g/mol. The summed E-state index contributed by atoms with van der Waals surface area (Å²) in [5, 5.41) is 9.00. The van der Waals surface area contributed by atoms with Gasteiger partial charge in [-0.25, -0.2) is 0 Å². The predicted octanol–water partition coefficient (Wildman–Crippen LogP) is 2.26. The Morgan fingerprint density at radius 3 is 2.40 bits per heavy atom. The molecule has 6 nitrogen and oxygen atoms in total. The van der Waals surface area contributed by atoms with E-state index in [2.05, 4.69) is 26.7 Å². The minimum atomic E-state index is 0.269. The van der Waals surface area contributed by atoms with Crippen molar-refractivity contribution in [2.45, 2.75) is 51.0 Å². The van der Waals surface area contributed by atoms with Gasteiger partial charge in [0.15, 0.2) is 0 Å². The van der Waals surface area contributed by atoms with Crippen LogP contribution in [0.3, 0.4) is 0 Å². The number of carbonyl (C=O) groups excluding carboxylic acids is 1. The van der Waals surface area contributed by atoms with Gasteiger partial charge >= 0.3 is 0 Å². The van der Waals surface area contributed by atoms with E-state index in [0.717, 1.165) is 44.1 Å². The van der Waals surface area contributed by atoms with Crippen molar-refractivity contribution in [3.8, 4) is 0 Å². The Hall–Kier alpha value is -1.08. The normalized spacial score (nSPS) is 20.6. The van der Waals surface area contributed by atoms with Crippen molar-refractivity contribution >= 4 is 17.7 Å². The van der Waals surface area contributed by atoms with Gasteiger partial charge in [0, 0.05) is 26.1 Å². The van der Waals surface area contributed by atoms with Crippen molar-refractivity contribution in [2.24, 2.45) is 7.05 Å². The van der Waals surface area contributed by atoms with E-state index in [4.69, 9.17) is 0 Å². The smallest absolute Gasteiger partial charge is 0.232 e. The van der Waals surface area contributed by atoms with Crippen LogP contribution >= 0.6 is 11.8 Å². The summed E-state index contributed by atoms with van der Waals surface area (Å²) in [6.45, 7) is 4.96. The molecule has 0 saturated carbocycles. The standard InChI is InChI=1S/C18H31N5OS/c1-21-16(13-22-9-5-3-4-6-10-22)19-20-18(21)15-7-11-23(12-8-15)17(24)14-25-2/h15H,3-14H2,1-2H3. The quantitative estimate of drug-likeness (QED) is 0.801. The number of likely N-dealkylation sites (tertiary alicyclic amines) is 2. The van der Waals surface area contributed by atoms with Gasteiger partial charge in [-0.15, -0.1) is 10.2 Å². The molecule has 0 N–H and O–H groups in total. The number of thioether (sulfide) groups is 1. The van der Waals surface area contributed by atoms with Crippen LogP contribution in [0.5, 0.6) is 0 Å². The maximum absolute atomic E-state index is 12.0. The number of nitrogens with zero attached hydrogens (tertiary/aromatic N) is 5. The summed E-state index contributed by atoms with van der Waals surface area (Å²) in [6.07, 6.45) is 9.28. The summed E-state index contributed by atoms with van der Waals surface area (Å²) in [4.78, 5) is 16.5. The molecule has 0 atom stereocenters. The van der Waals surface area contributed by atoms with Crippen molar-refractivity contribution in [3.05, 3.63) is 11.6 Å². The number of aromatic nitrogens is 3. The predicted molar refractivity (Wildman–Crippen MR) is 102 cm³/mol. The van der Waals surface area contributed by atoms with Crippen molar-refractivity contribution < 1.29 is 4.79 Å². The molecule has 0 aromatic carbocycles. The maximum atomic E-state index is 12.0. The zero-order valence-electron chi connectivity index (χ0n) is 15.6. The summed E-state index contributed by atoms with van der Waals surface area (Å²) in [6, 6.07) is 0. The van der Waals surface area contributed by atoms with Crippen LogP contribution in [0.15, 0.2) is 0 Å². The van der Waals surface area contributed by atoms with E-state index in [1.165, 1.54) is 38.8 Å². The number of piperidine rings is 1. The van der Waals surface area contributed by atoms with Gasteiger partial charge < -0.3 is 9.47 Å². The topological polar surface area (TPSA) is 54.3 Å². The Morgan fingerprint density at radius 2 is 1.76 bits per heavy atom. The van der Waals surface area contributed by atoms with E-state index in [-0.39, 0.29) is 5.91 Å². The molecule has 3 rings (SSSR count). The van der Waals surface area contributed by atoms with Crippen LogP contribution < -0.4 is 0 Å². The fourth-order valence-corrected chi connectivity index (χ4v) is 4.39. The fourth-order valence-electron chi connectivity index (χ4n) is 3.96.